The Kier molecular flexibility index (Phi) is 4.31. The molecule has 1 heterocycles. The fourth-order valence-corrected chi connectivity index (χ4v) is 1.59. The van der Waals surface area contributed by atoms with Gasteiger partial charge in [0.2, 0.25) is 0 Å². The molecule has 0 amide bonds. The summed E-state index contributed by atoms with van der Waals surface area (Å²) in [5.41, 5.74) is 0.921. The lowest BCUT2D eigenvalue weighted by molar-refractivity contribution is 0.0943. The Labute approximate surface area is 91.2 Å². The van der Waals surface area contributed by atoms with Gasteiger partial charge in [0.25, 0.3) is 0 Å². The van der Waals surface area contributed by atoms with Crippen molar-refractivity contribution in [2.75, 3.05) is 7.11 Å². The monoisotopic (exact) mass is 229 g/mol. The summed E-state index contributed by atoms with van der Waals surface area (Å²) < 4.78 is 26.7. The smallest absolute Gasteiger partial charge is 0.158 e. The van der Waals surface area contributed by atoms with Crippen molar-refractivity contribution in [3.05, 3.63) is 23.8 Å². The molecule has 0 aliphatic heterocycles. The SMILES string of the molecule is CO[C@H](c1ncc(C)cn1)[C@H](C)S(=O)[O-]. The van der Waals surface area contributed by atoms with Crippen LogP contribution in [0.1, 0.15) is 24.4 Å². The van der Waals surface area contributed by atoms with Gasteiger partial charge in [-0.2, -0.15) is 0 Å². The topological polar surface area (TPSA) is 75.1 Å². The van der Waals surface area contributed by atoms with Gasteiger partial charge in [0.05, 0.1) is 5.25 Å². The number of hydrogen-bond donors (Lipinski definition) is 0. The molecule has 0 saturated carbocycles. The van der Waals surface area contributed by atoms with E-state index in [9.17, 15) is 8.76 Å². The summed E-state index contributed by atoms with van der Waals surface area (Å²) in [4.78, 5) is 8.09. The van der Waals surface area contributed by atoms with Crippen molar-refractivity contribution in [3.8, 4) is 0 Å². The highest BCUT2D eigenvalue weighted by Crippen LogP contribution is 2.19. The molecule has 1 unspecified atom stereocenters. The molecule has 0 N–H and O–H groups in total. The molecule has 0 fully saturated rings. The first-order valence-corrected chi connectivity index (χ1v) is 5.59. The fourth-order valence-electron chi connectivity index (χ4n) is 1.16. The van der Waals surface area contributed by atoms with Crippen LogP contribution in [-0.4, -0.2) is 31.1 Å². The molecule has 0 bridgehead atoms. The molecule has 0 aliphatic rings. The number of rotatable bonds is 4. The molecule has 0 aliphatic carbocycles. The third-order valence-electron chi connectivity index (χ3n) is 2.04. The van der Waals surface area contributed by atoms with Crippen molar-refractivity contribution >= 4 is 11.1 Å². The minimum absolute atomic E-state index is 0.389. The molecule has 6 heteroatoms. The van der Waals surface area contributed by atoms with E-state index < -0.39 is 22.4 Å². The lowest BCUT2D eigenvalue weighted by Gasteiger charge is -2.23. The zero-order chi connectivity index (χ0) is 11.4. The molecule has 1 rings (SSSR count). The molecule has 0 spiro atoms. The van der Waals surface area contributed by atoms with Gasteiger partial charge in [-0.3, -0.25) is 4.21 Å². The molecule has 0 radical (unpaired) electrons. The van der Waals surface area contributed by atoms with Gasteiger partial charge in [-0.05, 0) is 30.5 Å². The average molecular weight is 229 g/mol. The van der Waals surface area contributed by atoms with E-state index in [0.717, 1.165) is 5.56 Å². The van der Waals surface area contributed by atoms with Crippen LogP contribution in [0.5, 0.6) is 0 Å². The Bertz CT molecular complexity index is 342. The molecule has 0 aromatic carbocycles. The van der Waals surface area contributed by atoms with E-state index in [1.807, 2.05) is 6.92 Å². The van der Waals surface area contributed by atoms with Crippen molar-refractivity contribution in [3.63, 3.8) is 0 Å². The van der Waals surface area contributed by atoms with E-state index in [1.165, 1.54) is 7.11 Å². The highest BCUT2D eigenvalue weighted by molar-refractivity contribution is 7.79. The van der Waals surface area contributed by atoms with Crippen molar-refractivity contribution in [2.45, 2.75) is 25.2 Å². The molecule has 15 heavy (non-hydrogen) atoms. The Morgan fingerprint density at radius 2 is 2.00 bits per heavy atom. The second-order valence-corrected chi connectivity index (χ2v) is 4.51. The Hall–Kier alpha value is -0.850. The maximum Gasteiger partial charge on any atom is 0.158 e. The van der Waals surface area contributed by atoms with Crippen molar-refractivity contribution in [2.24, 2.45) is 0 Å². The quantitative estimate of drug-likeness (QED) is 0.712. The van der Waals surface area contributed by atoms with Gasteiger partial charge in [0, 0.05) is 19.5 Å². The molecule has 1 aromatic heterocycles. The van der Waals surface area contributed by atoms with Crippen molar-refractivity contribution < 1.29 is 13.5 Å². The highest BCUT2D eigenvalue weighted by atomic mass is 32.2. The molecule has 3 atom stereocenters. The third kappa shape index (κ3) is 3.05. The van der Waals surface area contributed by atoms with Gasteiger partial charge in [-0.15, -0.1) is 0 Å². The molecular weight excluding hydrogens is 216 g/mol. The summed E-state index contributed by atoms with van der Waals surface area (Å²) in [5, 5.41) is -0.669. The van der Waals surface area contributed by atoms with Crippen molar-refractivity contribution in [1.82, 2.24) is 9.97 Å². The van der Waals surface area contributed by atoms with Gasteiger partial charge >= 0.3 is 0 Å². The van der Waals surface area contributed by atoms with E-state index in [-0.39, 0.29) is 0 Å². The van der Waals surface area contributed by atoms with Crippen LogP contribution in [0.25, 0.3) is 0 Å². The minimum Gasteiger partial charge on any atom is -0.772 e. The zero-order valence-electron chi connectivity index (χ0n) is 8.84. The van der Waals surface area contributed by atoms with Crippen LogP contribution in [0.4, 0.5) is 0 Å². The first-order chi connectivity index (χ1) is 7.06. The second-order valence-electron chi connectivity index (χ2n) is 3.24. The summed E-state index contributed by atoms with van der Waals surface area (Å²) in [7, 11) is 1.44. The van der Waals surface area contributed by atoms with E-state index >= 15 is 0 Å². The fraction of sp³-hybridized carbons (Fsp3) is 0.556. The van der Waals surface area contributed by atoms with Gasteiger partial charge in [0.1, 0.15) is 6.10 Å². The van der Waals surface area contributed by atoms with Gasteiger partial charge < -0.3 is 9.29 Å². The standard InChI is InChI=1S/C9H14N2O3S/c1-6-4-10-9(11-5-6)8(14-3)7(2)15(12)13/h4-5,7-8H,1-3H3,(H,12,13)/p-1/t7-,8-/m0/s1. The van der Waals surface area contributed by atoms with Crippen LogP contribution in [0, 0.1) is 6.92 Å². The number of methoxy groups -OCH3 is 1. The number of nitrogens with zero attached hydrogens (tertiary/aromatic N) is 2. The summed E-state index contributed by atoms with van der Waals surface area (Å²) in [6.07, 6.45) is 2.65. The normalized spacial score (nSPS) is 17.1. The largest absolute Gasteiger partial charge is 0.772 e. The number of ether oxygens (including phenoxy) is 1. The van der Waals surface area contributed by atoms with E-state index in [0.29, 0.717) is 5.82 Å². The van der Waals surface area contributed by atoms with Crippen LogP contribution in [-0.2, 0) is 15.8 Å². The molecule has 1 aromatic rings. The molecule has 84 valence electrons. The Balaban J connectivity index is 2.92. The van der Waals surface area contributed by atoms with Crippen LogP contribution < -0.4 is 0 Å². The Morgan fingerprint density at radius 3 is 2.40 bits per heavy atom. The molecule has 5 nitrogen and oxygen atoms in total. The lowest BCUT2D eigenvalue weighted by Crippen LogP contribution is -2.23. The van der Waals surface area contributed by atoms with Crippen LogP contribution in [0.15, 0.2) is 12.4 Å². The molecular formula is C9H13N2O3S-. The summed E-state index contributed by atoms with van der Waals surface area (Å²) in [5.74, 6) is 0.389. The molecule has 0 saturated heterocycles. The predicted molar refractivity (Wildman–Crippen MR) is 54.9 cm³/mol. The second kappa shape index (κ2) is 5.29. The van der Waals surface area contributed by atoms with E-state index in [4.69, 9.17) is 4.74 Å². The van der Waals surface area contributed by atoms with Crippen LogP contribution in [0.2, 0.25) is 0 Å². The maximum atomic E-state index is 10.8. The predicted octanol–water partition coefficient (Wildman–Crippen LogP) is 0.740. The summed E-state index contributed by atoms with van der Waals surface area (Å²) in [6, 6.07) is 0. The summed E-state index contributed by atoms with van der Waals surface area (Å²) >= 11 is -2.20. The number of hydrogen-bond acceptors (Lipinski definition) is 5. The first kappa shape index (κ1) is 12.2. The first-order valence-electron chi connectivity index (χ1n) is 4.45. The van der Waals surface area contributed by atoms with Gasteiger partial charge in [-0.25, -0.2) is 9.97 Å². The zero-order valence-corrected chi connectivity index (χ0v) is 9.65. The van der Waals surface area contributed by atoms with Crippen LogP contribution in [0.3, 0.4) is 0 Å². The van der Waals surface area contributed by atoms with Gasteiger partial charge in [0.15, 0.2) is 5.82 Å². The van der Waals surface area contributed by atoms with E-state index in [2.05, 4.69) is 9.97 Å². The maximum absolute atomic E-state index is 10.8. The average Bonchev–Trinajstić information content (AvgIpc) is 2.21. The number of aryl methyl sites for hydroxylation is 1. The Morgan fingerprint density at radius 1 is 1.47 bits per heavy atom. The third-order valence-corrected chi connectivity index (χ3v) is 2.89. The van der Waals surface area contributed by atoms with Crippen molar-refractivity contribution in [1.29, 1.82) is 0 Å². The van der Waals surface area contributed by atoms with Gasteiger partial charge in [-0.1, -0.05) is 0 Å². The minimum atomic E-state index is -2.20. The lowest BCUT2D eigenvalue weighted by atomic mass is 10.2. The van der Waals surface area contributed by atoms with Crippen LogP contribution >= 0.6 is 0 Å². The number of aromatic nitrogens is 2. The highest BCUT2D eigenvalue weighted by Gasteiger charge is 2.22. The summed E-state index contributed by atoms with van der Waals surface area (Å²) in [6.45, 7) is 3.42. The van der Waals surface area contributed by atoms with E-state index in [1.54, 1.807) is 19.3 Å².